The maximum atomic E-state index is 5.53. The van der Waals surface area contributed by atoms with Gasteiger partial charge in [0.15, 0.2) is 0 Å². The third-order valence-corrected chi connectivity index (χ3v) is 12.9. The Labute approximate surface area is 230 Å². The lowest BCUT2D eigenvalue weighted by molar-refractivity contribution is 0.970. The van der Waals surface area contributed by atoms with Crippen LogP contribution in [-0.2, 0) is 5.75 Å². The SMILES string of the molecule is c1ccc(CSC2[N-]C(c3ccccc3)=NC2[P+](c2ccccc2)(c2ccccc2)c2ccccc2)cc1. The Morgan fingerprint density at radius 1 is 0.553 bits per heavy atom. The molecule has 186 valence electrons. The Kier molecular flexibility index (Phi) is 7.40. The number of thioether (sulfide) groups is 1. The van der Waals surface area contributed by atoms with Gasteiger partial charge in [0.1, 0.15) is 29.0 Å². The van der Waals surface area contributed by atoms with Crippen molar-refractivity contribution in [3.63, 3.8) is 0 Å². The monoisotopic (exact) mass is 528 g/mol. The van der Waals surface area contributed by atoms with E-state index in [4.69, 9.17) is 10.3 Å². The van der Waals surface area contributed by atoms with E-state index in [1.807, 2.05) is 17.8 Å². The summed E-state index contributed by atoms with van der Waals surface area (Å²) in [5.74, 6) is 1.72. The van der Waals surface area contributed by atoms with Crippen LogP contribution in [-0.4, -0.2) is 17.0 Å². The fourth-order valence-corrected chi connectivity index (χ4v) is 11.4. The average Bonchev–Trinajstić information content (AvgIpc) is 3.44. The van der Waals surface area contributed by atoms with Crippen molar-refractivity contribution in [2.45, 2.75) is 16.9 Å². The van der Waals surface area contributed by atoms with E-state index in [-0.39, 0.29) is 11.2 Å². The molecule has 4 heteroatoms. The molecule has 0 saturated carbocycles. The maximum Gasteiger partial charge on any atom is 0.116 e. The zero-order valence-corrected chi connectivity index (χ0v) is 22.8. The lowest BCUT2D eigenvalue weighted by Crippen LogP contribution is -2.40. The molecule has 0 spiro atoms. The molecular weight excluding hydrogens is 499 g/mol. The van der Waals surface area contributed by atoms with Crippen molar-refractivity contribution in [2.24, 2.45) is 4.99 Å². The third kappa shape index (κ3) is 4.80. The van der Waals surface area contributed by atoms with Crippen molar-refractivity contribution >= 4 is 40.8 Å². The van der Waals surface area contributed by atoms with Crippen LogP contribution in [0.2, 0.25) is 0 Å². The summed E-state index contributed by atoms with van der Waals surface area (Å²) < 4.78 is 0. The van der Waals surface area contributed by atoms with Crippen molar-refractivity contribution < 1.29 is 0 Å². The fourth-order valence-electron chi connectivity index (χ4n) is 5.20. The zero-order valence-electron chi connectivity index (χ0n) is 21.0. The van der Waals surface area contributed by atoms with E-state index in [1.54, 1.807) is 0 Å². The molecule has 0 bridgehead atoms. The first-order chi connectivity index (χ1) is 18.9. The van der Waals surface area contributed by atoms with E-state index < -0.39 is 7.26 Å². The van der Waals surface area contributed by atoms with Gasteiger partial charge in [0.25, 0.3) is 0 Å². The van der Waals surface area contributed by atoms with Crippen LogP contribution in [0.4, 0.5) is 0 Å². The molecule has 1 aliphatic heterocycles. The van der Waals surface area contributed by atoms with Gasteiger partial charge >= 0.3 is 0 Å². The van der Waals surface area contributed by atoms with Crippen LogP contribution < -0.4 is 15.9 Å². The predicted molar refractivity (Wildman–Crippen MR) is 167 cm³/mol. The molecular formula is C34H29N2PS. The molecule has 1 aliphatic rings. The Morgan fingerprint density at radius 3 is 1.45 bits per heavy atom. The highest BCUT2D eigenvalue weighted by Gasteiger charge is 2.53. The number of hydrogen-bond donors (Lipinski definition) is 0. The topological polar surface area (TPSA) is 26.5 Å². The van der Waals surface area contributed by atoms with E-state index in [2.05, 4.69) is 146 Å². The van der Waals surface area contributed by atoms with Gasteiger partial charge in [0.05, 0.1) is 0 Å². The number of benzene rings is 5. The molecule has 38 heavy (non-hydrogen) atoms. The van der Waals surface area contributed by atoms with Crippen LogP contribution in [0.1, 0.15) is 11.1 Å². The normalized spacial score (nSPS) is 17.0. The molecule has 1 heterocycles. The summed E-state index contributed by atoms with van der Waals surface area (Å²) >= 11 is 1.90. The van der Waals surface area contributed by atoms with Gasteiger partial charge in [-0.2, -0.15) is 11.8 Å². The van der Waals surface area contributed by atoms with Gasteiger partial charge in [-0.15, -0.1) is 0 Å². The second-order valence-corrected chi connectivity index (χ2v) is 13.9. The summed E-state index contributed by atoms with van der Waals surface area (Å²) in [6.45, 7) is 0. The molecule has 0 aromatic heterocycles. The first kappa shape index (κ1) is 24.7. The lowest BCUT2D eigenvalue weighted by Gasteiger charge is -2.38. The molecule has 0 fully saturated rings. The number of amidine groups is 1. The highest BCUT2D eigenvalue weighted by molar-refractivity contribution is 8.01. The van der Waals surface area contributed by atoms with Gasteiger partial charge in [-0.1, -0.05) is 121 Å². The average molecular weight is 529 g/mol. The standard InChI is InChI=1S/C34H29N2PS/c1-6-16-27(17-7-1)26-38-34-33(35-32(36-34)28-18-8-2-9-19-28)37(29-20-10-3-11-21-29,30-22-12-4-13-23-30)31-24-14-5-15-25-31/h1-25,33-34H,26H2. The van der Waals surface area contributed by atoms with E-state index in [9.17, 15) is 0 Å². The summed E-state index contributed by atoms with van der Waals surface area (Å²) in [4.78, 5) is 5.53. The minimum Gasteiger partial charge on any atom is -0.449 e. The zero-order chi connectivity index (χ0) is 25.6. The molecule has 5 aromatic carbocycles. The van der Waals surface area contributed by atoms with Gasteiger partial charge in [0.2, 0.25) is 0 Å². The third-order valence-electron chi connectivity index (χ3n) is 6.94. The molecule has 2 atom stereocenters. The van der Waals surface area contributed by atoms with Crippen molar-refractivity contribution in [1.29, 1.82) is 0 Å². The number of rotatable bonds is 8. The first-order valence-corrected chi connectivity index (χ1v) is 15.8. The van der Waals surface area contributed by atoms with E-state index in [0.29, 0.717) is 0 Å². The Hall–Kier alpha value is -3.65. The summed E-state index contributed by atoms with van der Waals surface area (Å²) in [6, 6.07) is 54.2. The summed E-state index contributed by atoms with van der Waals surface area (Å²) in [5.41, 5.74) is 2.38. The van der Waals surface area contributed by atoms with E-state index in [1.165, 1.54) is 21.5 Å². The predicted octanol–water partition coefficient (Wildman–Crippen LogP) is 7.40. The molecule has 0 radical (unpaired) electrons. The van der Waals surface area contributed by atoms with Crippen LogP contribution in [0.5, 0.6) is 0 Å². The van der Waals surface area contributed by atoms with Crippen LogP contribution in [0.15, 0.2) is 157 Å². The van der Waals surface area contributed by atoms with Crippen LogP contribution in [0, 0.1) is 0 Å². The maximum absolute atomic E-state index is 5.53. The molecule has 5 aromatic rings. The largest absolute Gasteiger partial charge is 0.449 e. The number of nitrogens with zero attached hydrogens (tertiary/aromatic N) is 2. The van der Waals surface area contributed by atoms with Crippen molar-refractivity contribution in [1.82, 2.24) is 0 Å². The Balaban J connectivity index is 1.56. The highest BCUT2D eigenvalue weighted by Crippen LogP contribution is 2.64. The minimum absolute atomic E-state index is 0.0145. The van der Waals surface area contributed by atoms with Gasteiger partial charge < -0.3 is 10.3 Å². The van der Waals surface area contributed by atoms with E-state index >= 15 is 0 Å². The Morgan fingerprint density at radius 2 is 0.974 bits per heavy atom. The Bertz CT molecular complexity index is 1380. The van der Waals surface area contributed by atoms with Crippen molar-refractivity contribution in [3.8, 4) is 0 Å². The lowest BCUT2D eigenvalue weighted by atomic mass is 10.2. The molecule has 0 saturated heterocycles. The molecule has 0 amide bonds. The summed E-state index contributed by atoms with van der Waals surface area (Å²) in [7, 11) is -2.24. The quantitative estimate of drug-likeness (QED) is 0.193. The molecule has 6 rings (SSSR count). The van der Waals surface area contributed by atoms with Gasteiger partial charge in [0, 0.05) is 11.1 Å². The van der Waals surface area contributed by atoms with Gasteiger partial charge in [-0.25, -0.2) is 0 Å². The van der Waals surface area contributed by atoms with E-state index in [0.717, 1.165) is 17.2 Å². The fraction of sp³-hybridized carbons (Fsp3) is 0.0882. The van der Waals surface area contributed by atoms with Crippen molar-refractivity contribution in [2.75, 3.05) is 0 Å². The molecule has 2 nitrogen and oxygen atoms in total. The second-order valence-electron chi connectivity index (χ2n) is 9.28. The van der Waals surface area contributed by atoms with Crippen molar-refractivity contribution in [3.05, 3.63) is 168 Å². The molecule has 2 unspecified atom stereocenters. The van der Waals surface area contributed by atoms with Gasteiger partial charge in [-0.3, -0.25) is 0 Å². The molecule has 0 aliphatic carbocycles. The minimum atomic E-state index is -2.24. The first-order valence-electron chi connectivity index (χ1n) is 12.9. The second kappa shape index (κ2) is 11.4. The smallest absolute Gasteiger partial charge is 0.116 e. The summed E-state index contributed by atoms with van der Waals surface area (Å²) in [5, 5.41) is 9.33. The van der Waals surface area contributed by atoms with Crippen LogP contribution >= 0.6 is 19.0 Å². The number of aliphatic imine (C=N–C) groups is 1. The van der Waals surface area contributed by atoms with Crippen LogP contribution in [0.3, 0.4) is 0 Å². The highest BCUT2D eigenvalue weighted by atomic mass is 32.2. The number of hydrogen-bond acceptors (Lipinski definition) is 2. The van der Waals surface area contributed by atoms with Gasteiger partial charge in [-0.05, 0) is 47.5 Å². The molecule has 0 N–H and O–H groups in total. The van der Waals surface area contributed by atoms with Crippen LogP contribution in [0.25, 0.3) is 5.32 Å². The summed E-state index contributed by atoms with van der Waals surface area (Å²) in [6.07, 6.45) is 0.